The molecule has 2 unspecified atom stereocenters. The van der Waals surface area contributed by atoms with Gasteiger partial charge in [0, 0.05) is 27.4 Å². The van der Waals surface area contributed by atoms with Crippen molar-refractivity contribution < 1.29 is 9.47 Å². The van der Waals surface area contributed by atoms with Crippen LogP contribution in [0.15, 0.2) is 0 Å². The molecule has 0 fully saturated rings. The third-order valence-corrected chi connectivity index (χ3v) is 4.13. The minimum absolute atomic E-state index is 0.626. The molecular formula is C17H36O2. The van der Waals surface area contributed by atoms with E-state index in [2.05, 4.69) is 20.8 Å². The summed E-state index contributed by atoms with van der Waals surface area (Å²) in [5.41, 5.74) is 0. The molecule has 2 heteroatoms. The van der Waals surface area contributed by atoms with E-state index in [0.29, 0.717) is 17.8 Å². The molecule has 2 atom stereocenters. The summed E-state index contributed by atoms with van der Waals surface area (Å²) >= 11 is 0. The van der Waals surface area contributed by atoms with Crippen LogP contribution in [0.1, 0.15) is 65.7 Å². The minimum Gasteiger partial charge on any atom is -0.384 e. The Kier molecular flexibility index (Phi) is 12.9. The molecule has 0 aliphatic rings. The first-order valence-electron chi connectivity index (χ1n) is 8.15. The smallest absolute Gasteiger partial charge is 0.0496 e. The molecule has 0 saturated carbocycles. The SMILES string of the molecule is CCCCCCCCC(COC)C(COC)C(C)C. The van der Waals surface area contributed by atoms with Crippen molar-refractivity contribution >= 4 is 0 Å². The van der Waals surface area contributed by atoms with Gasteiger partial charge in [0.15, 0.2) is 0 Å². The largest absolute Gasteiger partial charge is 0.384 e. The maximum atomic E-state index is 5.42. The Morgan fingerprint density at radius 3 is 1.89 bits per heavy atom. The van der Waals surface area contributed by atoms with Gasteiger partial charge < -0.3 is 9.47 Å². The van der Waals surface area contributed by atoms with E-state index in [1.165, 1.54) is 44.9 Å². The summed E-state index contributed by atoms with van der Waals surface area (Å²) in [7, 11) is 3.63. The van der Waals surface area contributed by atoms with Crippen LogP contribution in [0.2, 0.25) is 0 Å². The predicted molar refractivity (Wildman–Crippen MR) is 83.6 cm³/mol. The molecule has 0 spiro atoms. The Bertz CT molecular complexity index is 180. The lowest BCUT2D eigenvalue weighted by molar-refractivity contribution is 0.0432. The van der Waals surface area contributed by atoms with Crippen molar-refractivity contribution in [3.63, 3.8) is 0 Å². The summed E-state index contributed by atoms with van der Waals surface area (Å²) in [6.45, 7) is 8.61. The maximum Gasteiger partial charge on any atom is 0.0496 e. The monoisotopic (exact) mass is 272 g/mol. The number of unbranched alkanes of at least 4 members (excludes halogenated alkanes) is 5. The average Bonchev–Trinajstić information content (AvgIpc) is 2.38. The molecule has 116 valence electrons. The Morgan fingerprint density at radius 1 is 0.789 bits per heavy atom. The molecule has 2 nitrogen and oxygen atoms in total. The van der Waals surface area contributed by atoms with Gasteiger partial charge in [-0.1, -0.05) is 59.3 Å². The Hall–Kier alpha value is -0.0800. The van der Waals surface area contributed by atoms with E-state index in [1.807, 2.05) is 14.2 Å². The van der Waals surface area contributed by atoms with Gasteiger partial charge >= 0.3 is 0 Å². The van der Waals surface area contributed by atoms with Crippen LogP contribution in [0.4, 0.5) is 0 Å². The first-order chi connectivity index (χ1) is 9.17. The second-order valence-electron chi connectivity index (χ2n) is 6.14. The van der Waals surface area contributed by atoms with Gasteiger partial charge in [-0.2, -0.15) is 0 Å². The van der Waals surface area contributed by atoms with Crippen LogP contribution in [0.25, 0.3) is 0 Å². The molecule has 0 bridgehead atoms. The highest BCUT2D eigenvalue weighted by Gasteiger charge is 2.24. The van der Waals surface area contributed by atoms with Crippen molar-refractivity contribution in [1.82, 2.24) is 0 Å². The molecule has 0 aromatic heterocycles. The standard InChI is InChI=1S/C17H36O2/c1-6-7-8-9-10-11-12-16(13-18-4)17(14-19-5)15(2)3/h15-17H,6-14H2,1-5H3. The highest BCUT2D eigenvalue weighted by molar-refractivity contribution is 4.73. The van der Waals surface area contributed by atoms with E-state index >= 15 is 0 Å². The first-order valence-corrected chi connectivity index (χ1v) is 8.15. The third-order valence-electron chi connectivity index (χ3n) is 4.13. The number of hydrogen-bond donors (Lipinski definition) is 0. The fraction of sp³-hybridized carbons (Fsp3) is 1.00. The van der Waals surface area contributed by atoms with Gasteiger partial charge in [0.2, 0.25) is 0 Å². The quantitative estimate of drug-likeness (QED) is 0.443. The van der Waals surface area contributed by atoms with Gasteiger partial charge in [-0.05, 0) is 24.2 Å². The van der Waals surface area contributed by atoms with Crippen LogP contribution in [-0.2, 0) is 9.47 Å². The zero-order valence-corrected chi connectivity index (χ0v) is 13.9. The van der Waals surface area contributed by atoms with Crippen LogP contribution in [0.3, 0.4) is 0 Å². The third kappa shape index (κ3) is 9.45. The van der Waals surface area contributed by atoms with Gasteiger partial charge in [-0.25, -0.2) is 0 Å². The summed E-state index contributed by atoms with van der Waals surface area (Å²) in [5.74, 6) is 1.94. The molecule has 0 rings (SSSR count). The number of ether oxygens (including phenoxy) is 2. The highest BCUT2D eigenvalue weighted by Crippen LogP contribution is 2.27. The molecule has 0 saturated heterocycles. The fourth-order valence-electron chi connectivity index (χ4n) is 2.89. The highest BCUT2D eigenvalue weighted by atomic mass is 16.5. The normalized spacial score (nSPS) is 14.8. The van der Waals surface area contributed by atoms with Crippen LogP contribution >= 0.6 is 0 Å². The van der Waals surface area contributed by atoms with Gasteiger partial charge in [0.1, 0.15) is 0 Å². The molecule has 0 aromatic carbocycles. The first kappa shape index (κ1) is 18.9. The van der Waals surface area contributed by atoms with Gasteiger partial charge in [0.05, 0.1) is 0 Å². The predicted octanol–water partition coefficient (Wildman–Crippen LogP) is 4.92. The Labute approximate surface area is 121 Å². The van der Waals surface area contributed by atoms with Crippen molar-refractivity contribution in [3.8, 4) is 0 Å². The number of rotatable bonds is 13. The van der Waals surface area contributed by atoms with E-state index in [0.717, 1.165) is 13.2 Å². The van der Waals surface area contributed by atoms with E-state index in [4.69, 9.17) is 9.47 Å². The molecule has 0 aliphatic carbocycles. The molecule has 0 radical (unpaired) electrons. The lowest BCUT2D eigenvalue weighted by atomic mass is 9.81. The molecule has 0 aliphatic heterocycles. The number of methoxy groups -OCH3 is 2. The zero-order chi connectivity index (χ0) is 14.5. The van der Waals surface area contributed by atoms with Crippen molar-refractivity contribution in [2.45, 2.75) is 65.7 Å². The van der Waals surface area contributed by atoms with Crippen molar-refractivity contribution in [1.29, 1.82) is 0 Å². The second kappa shape index (κ2) is 12.9. The summed E-state index contributed by atoms with van der Waals surface area (Å²) in [4.78, 5) is 0. The van der Waals surface area contributed by atoms with Crippen LogP contribution < -0.4 is 0 Å². The molecule has 0 N–H and O–H groups in total. The molecule has 19 heavy (non-hydrogen) atoms. The number of hydrogen-bond acceptors (Lipinski definition) is 2. The zero-order valence-electron chi connectivity index (χ0n) is 13.9. The van der Waals surface area contributed by atoms with E-state index in [1.54, 1.807) is 0 Å². The molecule has 0 amide bonds. The Morgan fingerprint density at radius 2 is 1.37 bits per heavy atom. The van der Waals surface area contributed by atoms with Crippen LogP contribution in [-0.4, -0.2) is 27.4 Å². The lowest BCUT2D eigenvalue weighted by Gasteiger charge is -2.29. The van der Waals surface area contributed by atoms with E-state index in [9.17, 15) is 0 Å². The van der Waals surface area contributed by atoms with Crippen molar-refractivity contribution in [2.24, 2.45) is 17.8 Å². The lowest BCUT2D eigenvalue weighted by Crippen LogP contribution is -2.28. The summed E-state index contributed by atoms with van der Waals surface area (Å²) < 4.78 is 10.8. The fourth-order valence-corrected chi connectivity index (χ4v) is 2.89. The summed E-state index contributed by atoms with van der Waals surface area (Å²) in [6.07, 6.45) is 9.51. The summed E-state index contributed by atoms with van der Waals surface area (Å²) in [6, 6.07) is 0. The topological polar surface area (TPSA) is 18.5 Å². The Balaban J connectivity index is 4.00. The van der Waals surface area contributed by atoms with E-state index in [-0.39, 0.29) is 0 Å². The minimum atomic E-state index is 0.626. The van der Waals surface area contributed by atoms with Gasteiger partial charge in [-0.15, -0.1) is 0 Å². The molecule has 0 heterocycles. The average molecular weight is 272 g/mol. The van der Waals surface area contributed by atoms with Crippen LogP contribution in [0.5, 0.6) is 0 Å². The van der Waals surface area contributed by atoms with Crippen molar-refractivity contribution in [3.05, 3.63) is 0 Å². The van der Waals surface area contributed by atoms with Crippen molar-refractivity contribution in [2.75, 3.05) is 27.4 Å². The second-order valence-corrected chi connectivity index (χ2v) is 6.14. The van der Waals surface area contributed by atoms with Crippen LogP contribution in [0, 0.1) is 17.8 Å². The van der Waals surface area contributed by atoms with Gasteiger partial charge in [-0.3, -0.25) is 0 Å². The van der Waals surface area contributed by atoms with E-state index < -0.39 is 0 Å². The molecular weight excluding hydrogens is 236 g/mol. The van der Waals surface area contributed by atoms with Gasteiger partial charge in [0.25, 0.3) is 0 Å². The molecule has 0 aromatic rings. The maximum absolute atomic E-state index is 5.42. The summed E-state index contributed by atoms with van der Waals surface area (Å²) in [5, 5.41) is 0.